The zero-order chi connectivity index (χ0) is 11.1. The molecule has 1 aromatic rings. The molecule has 0 bridgehead atoms. The lowest BCUT2D eigenvalue weighted by molar-refractivity contribution is -0.0126. The number of hydrogen-bond acceptors (Lipinski definition) is 3. The maximum Gasteiger partial charge on any atom is 0.339 e. The Kier molecular flexibility index (Phi) is 2.18. The van der Waals surface area contributed by atoms with Crippen molar-refractivity contribution < 1.29 is 9.53 Å². The van der Waals surface area contributed by atoms with Crippen molar-refractivity contribution in [1.82, 2.24) is 0 Å². The number of esters is 1. The highest BCUT2D eigenvalue weighted by Crippen LogP contribution is 2.42. The normalized spacial score (nSPS) is 17.3. The van der Waals surface area contributed by atoms with E-state index in [2.05, 4.69) is 0 Å². The van der Waals surface area contributed by atoms with Gasteiger partial charge in [0.2, 0.25) is 0 Å². The predicted molar refractivity (Wildman–Crippen MR) is 58.5 cm³/mol. The molecule has 0 atom stereocenters. The zero-order valence-corrected chi connectivity index (χ0v) is 9.04. The van der Waals surface area contributed by atoms with Gasteiger partial charge in [-0.2, -0.15) is 0 Å². The number of fused-ring (bicyclic) bond motifs is 1. The van der Waals surface area contributed by atoms with Crippen LogP contribution in [0.5, 0.6) is 0 Å². The molecule has 1 heterocycles. The fourth-order valence-corrected chi connectivity index (χ4v) is 2.19. The summed E-state index contributed by atoms with van der Waals surface area (Å²) in [7, 11) is 0. The molecule has 0 aromatic heterocycles. The second kappa shape index (κ2) is 3.26. The first-order valence-corrected chi connectivity index (χ1v) is 5.26. The molecule has 2 rings (SSSR count). The first kappa shape index (κ1) is 10.0. The van der Waals surface area contributed by atoms with Gasteiger partial charge < -0.3 is 10.5 Å². The number of nitrogens with two attached hydrogens (primary N) is 1. The van der Waals surface area contributed by atoms with E-state index in [9.17, 15) is 4.79 Å². The molecule has 0 aliphatic carbocycles. The van der Waals surface area contributed by atoms with Crippen LogP contribution in [0.3, 0.4) is 0 Å². The number of ether oxygens (including phenoxy) is 1. The quantitative estimate of drug-likeness (QED) is 0.596. The molecule has 15 heavy (non-hydrogen) atoms. The third-order valence-corrected chi connectivity index (χ3v) is 3.18. The van der Waals surface area contributed by atoms with Gasteiger partial charge >= 0.3 is 5.97 Å². The van der Waals surface area contributed by atoms with Gasteiger partial charge in [-0.3, -0.25) is 0 Å². The smallest absolute Gasteiger partial charge is 0.339 e. The third-order valence-electron chi connectivity index (χ3n) is 3.18. The molecular formula is C12H15NO2. The minimum Gasteiger partial charge on any atom is -0.451 e. The Morgan fingerprint density at radius 1 is 1.33 bits per heavy atom. The molecule has 0 fully saturated rings. The lowest BCUT2D eigenvalue weighted by atomic mass is 9.87. The largest absolute Gasteiger partial charge is 0.451 e. The molecule has 0 unspecified atom stereocenters. The Balaban J connectivity index is 2.60. The van der Waals surface area contributed by atoms with E-state index in [1.165, 1.54) is 0 Å². The Labute approximate surface area is 89.2 Å². The van der Waals surface area contributed by atoms with E-state index in [0.717, 1.165) is 18.4 Å². The fourth-order valence-electron chi connectivity index (χ4n) is 2.19. The predicted octanol–water partition coefficient (Wildman–Crippen LogP) is 2.45. The first-order valence-electron chi connectivity index (χ1n) is 5.26. The number of hydrogen-bond donors (Lipinski definition) is 1. The second-order valence-electron chi connectivity index (χ2n) is 3.90. The molecule has 3 heteroatoms. The highest BCUT2D eigenvalue weighted by atomic mass is 16.6. The van der Waals surface area contributed by atoms with Gasteiger partial charge in [-0.05, 0) is 25.0 Å². The van der Waals surface area contributed by atoms with Crippen LogP contribution < -0.4 is 5.73 Å². The molecule has 1 aromatic carbocycles. The average Bonchev–Trinajstić information content (AvgIpc) is 2.52. The van der Waals surface area contributed by atoms with Crippen LogP contribution >= 0.6 is 0 Å². The second-order valence-corrected chi connectivity index (χ2v) is 3.90. The highest BCUT2D eigenvalue weighted by Gasteiger charge is 2.42. The van der Waals surface area contributed by atoms with Crippen molar-refractivity contribution in [3.8, 4) is 0 Å². The molecule has 1 aliphatic rings. The SMILES string of the molecule is CCC1(CC)OC(=O)c2cc(N)ccc21. The number of nitrogen functional groups attached to an aromatic ring is 1. The summed E-state index contributed by atoms with van der Waals surface area (Å²) in [5.74, 6) is -0.249. The van der Waals surface area contributed by atoms with E-state index in [4.69, 9.17) is 10.5 Å². The molecule has 3 nitrogen and oxygen atoms in total. The van der Waals surface area contributed by atoms with Crippen LogP contribution in [0.25, 0.3) is 0 Å². The lowest BCUT2D eigenvalue weighted by Crippen LogP contribution is -2.23. The van der Waals surface area contributed by atoms with Crippen LogP contribution in [0, 0.1) is 0 Å². The van der Waals surface area contributed by atoms with Crippen LogP contribution in [-0.4, -0.2) is 5.97 Å². The highest BCUT2D eigenvalue weighted by molar-refractivity contribution is 5.95. The van der Waals surface area contributed by atoms with E-state index in [0.29, 0.717) is 11.3 Å². The average molecular weight is 205 g/mol. The van der Waals surface area contributed by atoms with Gasteiger partial charge in [0, 0.05) is 11.3 Å². The summed E-state index contributed by atoms with van der Waals surface area (Å²) in [5, 5.41) is 0. The van der Waals surface area contributed by atoms with Gasteiger partial charge in [0.1, 0.15) is 5.60 Å². The number of carbonyl (C=O) groups excluding carboxylic acids is 1. The van der Waals surface area contributed by atoms with Crippen LogP contribution in [0.15, 0.2) is 18.2 Å². The van der Waals surface area contributed by atoms with E-state index < -0.39 is 5.60 Å². The minimum absolute atomic E-state index is 0.249. The Morgan fingerprint density at radius 2 is 2.00 bits per heavy atom. The third kappa shape index (κ3) is 1.30. The summed E-state index contributed by atoms with van der Waals surface area (Å²) in [6.45, 7) is 4.06. The summed E-state index contributed by atoms with van der Waals surface area (Å²) in [4.78, 5) is 11.7. The van der Waals surface area contributed by atoms with Crippen molar-refractivity contribution in [3.63, 3.8) is 0 Å². The van der Waals surface area contributed by atoms with Crippen LogP contribution in [0.2, 0.25) is 0 Å². The van der Waals surface area contributed by atoms with Crippen molar-refractivity contribution in [2.45, 2.75) is 32.3 Å². The van der Waals surface area contributed by atoms with E-state index >= 15 is 0 Å². The molecule has 1 aliphatic heterocycles. The van der Waals surface area contributed by atoms with Gasteiger partial charge in [0.15, 0.2) is 0 Å². The number of benzene rings is 1. The monoisotopic (exact) mass is 205 g/mol. The molecule has 0 saturated heterocycles. The molecule has 80 valence electrons. The Morgan fingerprint density at radius 3 is 2.60 bits per heavy atom. The van der Waals surface area contributed by atoms with Crippen molar-refractivity contribution in [2.75, 3.05) is 5.73 Å². The van der Waals surface area contributed by atoms with E-state index in [1.54, 1.807) is 6.07 Å². The van der Waals surface area contributed by atoms with Gasteiger partial charge in [-0.25, -0.2) is 4.79 Å². The number of carbonyl (C=O) groups is 1. The van der Waals surface area contributed by atoms with Crippen molar-refractivity contribution >= 4 is 11.7 Å². The maximum atomic E-state index is 11.7. The van der Waals surface area contributed by atoms with Gasteiger partial charge in [-0.15, -0.1) is 0 Å². The standard InChI is InChI=1S/C12H15NO2/c1-3-12(4-2)10-6-5-8(13)7-9(10)11(14)15-12/h5-7H,3-4,13H2,1-2H3. The summed E-state index contributed by atoms with van der Waals surface area (Å²) in [5.41, 5.74) is 7.43. The zero-order valence-electron chi connectivity index (χ0n) is 9.04. The van der Waals surface area contributed by atoms with E-state index in [-0.39, 0.29) is 5.97 Å². The Hall–Kier alpha value is -1.51. The molecule has 0 amide bonds. The minimum atomic E-state index is -0.430. The number of cyclic esters (lactones) is 1. The molecule has 0 radical (unpaired) electrons. The molecular weight excluding hydrogens is 190 g/mol. The molecule has 0 saturated carbocycles. The lowest BCUT2D eigenvalue weighted by Gasteiger charge is -2.25. The van der Waals surface area contributed by atoms with Gasteiger partial charge in [0.05, 0.1) is 5.56 Å². The summed E-state index contributed by atoms with van der Waals surface area (Å²) >= 11 is 0. The van der Waals surface area contributed by atoms with Crippen molar-refractivity contribution in [3.05, 3.63) is 29.3 Å². The van der Waals surface area contributed by atoms with Crippen LogP contribution in [0.1, 0.15) is 42.6 Å². The number of rotatable bonds is 2. The van der Waals surface area contributed by atoms with Crippen molar-refractivity contribution in [1.29, 1.82) is 0 Å². The maximum absolute atomic E-state index is 11.7. The van der Waals surface area contributed by atoms with Gasteiger partial charge in [0.25, 0.3) is 0 Å². The summed E-state index contributed by atoms with van der Waals surface area (Å²) in [6.07, 6.45) is 1.60. The topological polar surface area (TPSA) is 52.3 Å². The fraction of sp³-hybridized carbons (Fsp3) is 0.417. The van der Waals surface area contributed by atoms with Crippen LogP contribution in [0.4, 0.5) is 5.69 Å². The number of anilines is 1. The summed E-state index contributed by atoms with van der Waals surface area (Å²) in [6, 6.07) is 5.42. The summed E-state index contributed by atoms with van der Waals surface area (Å²) < 4.78 is 5.48. The van der Waals surface area contributed by atoms with Crippen LogP contribution in [-0.2, 0) is 10.3 Å². The molecule has 0 spiro atoms. The van der Waals surface area contributed by atoms with Crippen molar-refractivity contribution in [2.24, 2.45) is 0 Å². The molecule has 2 N–H and O–H groups in total. The first-order chi connectivity index (χ1) is 7.13. The Bertz CT molecular complexity index is 408. The van der Waals surface area contributed by atoms with E-state index in [1.807, 2.05) is 26.0 Å². The van der Waals surface area contributed by atoms with Gasteiger partial charge in [-0.1, -0.05) is 19.9 Å².